The van der Waals surface area contributed by atoms with Crippen LogP contribution in [0.3, 0.4) is 0 Å². The molecule has 1 aromatic rings. The molecule has 1 saturated carbocycles. The number of pyridine rings is 1. The predicted octanol–water partition coefficient (Wildman–Crippen LogP) is 2.70. The van der Waals surface area contributed by atoms with Gasteiger partial charge in [0.1, 0.15) is 5.54 Å². The van der Waals surface area contributed by atoms with E-state index >= 15 is 0 Å². The standard InChI is InChI=1S/C22H30N4O3/c1-15(2)13-26-21(29)25(14-17-6-7-17)20(28)22(26)8-11-24(12-9-22)19(27)18-5-4-10-23-16(18)3/h4-5,10,15,17H,6-9,11-14H2,1-3H3. The van der Waals surface area contributed by atoms with Gasteiger partial charge in [-0.25, -0.2) is 4.79 Å². The Kier molecular flexibility index (Phi) is 5.09. The van der Waals surface area contributed by atoms with Gasteiger partial charge in [-0.3, -0.25) is 19.5 Å². The zero-order chi connectivity index (χ0) is 20.8. The molecule has 0 unspecified atom stereocenters. The van der Waals surface area contributed by atoms with Gasteiger partial charge in [0.05, 0.1) is 5.56 Å². The number of carbonyl (C=O) groups is 3. The van der Waals surface area contributed by atoms with E-state index in [0.717, 1.165) is 12.8 Å². The third kappa shape index (κ3) is 3.51. The third-order valence-electron chi connectivity index (χ3n) is 6.42. The van der Waals surface area contributed by atoms with Crippen LogP contribution in [-0.4, -0.2) is 69.2 Å². The molecule has 4 amide bonds. The van der Waals surface area contributed by atoms with Crippen molar-refractivity contribution in [3.8, 4) is 0 Å². The highest BCUT2D eigenvalue weighted by Gasteiger charge is 2.58. The molecule has 3 heterocycles. The number of hydrogen-bond donors (Lipinski definition) is 0. The molecule has 2 aliphatic heterocycles. The summed E-state index contributed by atoms with van der Waals surface area (Å²) in [5.74, 6) is 0.642. The lowest BCUT2D eigenvalue weighted by Crippen LogP contribution is -2.58. The van der Waals surface area contributed by atoms with Crippen LogP contribution in [0.2, 0.25) is 0 Å². The maximum Gasteiger partial charge on any atom is 0.327 e. The van der Waals surface area contributed by atoms with Crippen LogP contribution in [0.5, 0.6) is 0 Å². The van der Waals surface area contributed by atoms with Crippen LogP contribution in [0.1, 0.15) is 55.6 Å². The summed E-state index contributed by atoms with van der Waals surface area (Å²) in [6, 6.07) is 3.42. The normalized spacial score (nSPS) is 21.6. The largest absolute Gasteiger partial charge is 0.338 e. The third-order valence-corrected chi connectivity index (χ3v) is 6.42. The second kappa shape index (κ2) is 7.43. The first-order chi connectivity index (χ1) is 13.8. The molecule has 29 heavy (non-hydrogen) atoms. The van der Waals surface area contributed by atoms with Crippen molar-refractivity contribution in [1.29, 1.82) is 0 Å². The summed E-state index contributed by atoms with van der Waals surface area (Å²) in [6.07, 6.45) is 4.87. The van der Waals surface area contributed by atoms with Gasteiger partial charge in [0.2, 0.25) is 0 Å². The smallest absolute Gasteiger partial charge is 0.327 e. The monoisotopic (exact) mass is 398 g/mol. The van der Waals surface area contributed by atoms with Gasteiger partial charge in [-0.1, -0.05) is 13.8 Å². The molecule has 4 rings (SSSR count). The fraction of sp³-hybridized carbons (Fsp3) is 0.636. The Bertz CT molecular complexity index is 825. The molecule has 156 valence electrons. The first kappa shape index (κ1) is 19.9. The van der Waals surface area contributed by atoms with Gasteiger partial charge in [0.25, 0.3) is 11.8 Å². The summed E-state index contributed by atoms with van der Waals surface area (Å²) in [6.45, 7) is 8.03. The molecule has 1 aliphatic carbocycles. The highest BCUT2D eigenvalue weighted by Crippen LogP contribution is 2.40. The van der Waals surface area contributed by atoms with Crippen molar-refractivity contribution < 1.29 is 14.4 Å². The number of imide groups is 1. The number of aromatic nitrogens is 1. The lowest BCUT2D eigenvalue weighted by atomic mass is 9.85. The zero-order valence-corrected chi connectivity index (χ0v) is 17.6. The van der Waals surface area contributed by atoms with Crippen LogP contribution < -0.4 is 0 Å². The van der Waals surface area contributed by atoms with E-state index < -0.39 is 5.54 Å². The molecule has 7 heteroatoms. The van der Waals surface area contributed by atoms with Crippen LogP contribution >= 0.6 is 0 Å². The van der Waals surface area contributed by atoms with Crippen molar-refractivity contribution in [2.24, 2.45) is 11.8 Å². The maximum atomic E-state index is 13.4. The van der Waals surface area contributed by atoms with Crippen molar-refractivity contribution in [2.45, 2.75) is 52.0 Å². The van der Waals surface area contributed by atoms with E-state index in [4.69, 9.17) is 0 Å². The van der Waals surface area contributed by atoms with Crippen molar-refractivity contribution in [1.82, 2.24) is 19.7 Å². The minimum absolute atomic E-state index is 0.0486. The van der Waals surface area contributed by atoms with Crippen molar-refractivity contribution in [3.63, 3.8) is 0 Å². The van der Waals surface area contributed by atoms with Gasteiger partial charge in [-0.2, -0.15) is 0 Å². The summed E-state index contributed by atoms with van der Waals surface area (Å²) in [5, 5.41) is 0. The maximum absolute atomic E-state index is 13.4. The van der Waals surface area contributed by atoms with Gasteiger partial charge in [-0.05, 0) is 56.6 Å². The van der Waals surface area contributed by atoms with Gasteiger partial charge >= 0.3 is 6.03 Å². The molecule has 0 radical (unpaired) electrons. The van der Waals surface area contributed by atoms with Gasteiger partial charge < -0.3 is 9.80 Å². The molecule has 3 aliphatic rings. The average Bonchev–Trinajstić information content (AvgIpc) is 3.50. The van der Waals surface area contributed by atoms with Crippen LogP contribution in [0.15, 0.2) is 18.3 Å². The molecule has 3 fully saturated rings. The number of amides is 4. The van der Waals surface area contributed by atoms with E-state index in [1.54, 1.807) is 28.1 Å². The summed E-state index contributed by atoms with van der Waals surface area (Å²) in [5.41, 5.74) is 0.519. The van der Waals surface area contributed by atoms with E-state index in [9.17, 15) is 14.4 Å². The second-order valence-corrected chi connectivity index (χ2v) is 9.11. The molecule has 0 N–H and O–H groups in total. The zero-order valence-electron chi connectivity index (χ0n) is 17.6. The molecule has 1 spiro atoms. The second-order valence-electron chi connectivity index (χ2n) is 9.11. The van der Waals surface area contributed by atoms with Crippen molar-refractivity contribution in [3.05, 3.63) is 29.6 Å². The van der Waals surface area contributed by atoms with Crippen LogP contribution in [0.4, 0.5) is 4.79 Å². The number of aryl methyl sites for hydroxylation is 1. The molecule has 1 aromatic heterocycles. The topological polar surface area (TPSA) is 73.8 Å². The van der Waals surface area contributed by atoms with Gasteiger partial charge in [0, 0.05) is 38.1 Å². The molecule has 0 atom stereocenters. The van der Waals surface area contributed by atoms with Gasteiger partial charge in [0.15, 0.2) is 0 Å². The summed E-state index contributed by atoms with van der Waals surface area (Å²) < 4.78 is 0. The van der Waals surface area contributed by atoms with E-state index in [2.05, 4.69) is 18.8 Å². The number of carbonyl (C=O) groups excluding carboxylic acids is 3. The van der Waals surface area contributed by atoms with Crippen LogP contribution in [0.25, 0.3) is 0 Å². The number of nitrogens with zero attached hydrogens (tertiary/aromatic N) is 4. The highest BCUT2D eigenvalue weighted by molar-refractivity contribution is 6.07. The Morgan fingerprint density at radius 2 is 1.93 bits per heavy atom. The van der Waals surface area contributed by atoms with E-state index in [0.29, 0.717) is 56.2 Å². The molecule has 0 aromatic carbocycles. The molecular formula is C22H30N4O3. The quantitative estimate of drug-likeness (QED) is 0.715. The summed E-state index contributed by atoms with van der Waals surface area (Å²) in [4.78, 5) is 48.8. The van der Waals surface area contributed by atoms with Gasteiger partial charge in [-0.15, -0.1) is 0 Å². The molecule has 7 nitrogen and oxygen atoms in total. The minimum Gasteiger partial charge on any atom is -0.338 e. The molecule has 0 bridgehead atoms. The number of rotatable bonds is 5. The summed E-state index contributed by atoms with van der Waals surface area (Å²) in [7, 11) is 0. The highest BCUT2D eigenvalue weighted by atomic mass is 16.2. The fourth-order valence-corrected chi connectivity index (χ4v) is 4.56. The van der Waals surface area contributed by atoms with E-state index in [1.165, 1.54) is 4.90 Å². The fourth-order valence-electron chi connectivity index (χ4n) is 4.56. The predicted molar refractivity (Wildman–Crippen MR) is 108 cm³/mol. The molecular weight excluding hydrogens is 368 g/mol. The lowest BCUT2D eigenvalue weighted by Gasteiger charge is -2.42. The number of piperidine rings is 1. The first-order valence-electron chi connectivity index (χ1n) is 10.7. The molecule has 2 saturated heterocycles. The average molecular weight is 399 g/mol. The Morgan fingerprint density at radius 3 is 2.52 bits per heavy atom. The first-order valence-corrected chi connectivity index (χ1v) is 10.7. The Morgan fingerprint density at radius 1 is 1.24 bits per heavy atom. The lowest BCUT2D eigenvalue weighted by molar-refractivity contribution is -0.135. The Labute approximate surface area is 172 Å². The van der Waals surface area contributed by atoms with E-state index in [1.807, 2.05) is 6.92 Å². The summed E-state index contributed by atoms with van der Waals surface area (Å²) >= 11 is 0. The number of urea groups is 1. The van der Waals surface area contributed by atoms with Crippen molar-refractivity contribution in [2.75, 3.05) is 26.2 Å². The van der Waals surface area contributed by atoms with Crippen LogP contribution in [-0.2, 0) is 4.79 Å². The van der Waals surface area contributed by atoms with E-state index in [-0.39, 0.29) is 23.8 Å². The van der Waals surface area contributed by atoms with Crippen LogP contribution in [0, 0.1) is 18.8 Å². The minimum atomic E-state index is -0.795. The number of likely N-dealkylation sites (tertiary alicyclic amines) is 1. The number of hydrogen-bond acceptors (Lipinski definition) is 4. The Balaban J connectivity index is 1.53. The Hall–Kier alpha value is -2.44. The SMILES string of the molecule is Cc1ncccc1C(=O)N1CCC2(CC1)C(=O)N(CC1CC1)C(=O)N2CC(C)C. The van der Waals surface area contributed by atoms with Crippen molar-refractivity contribution >= 4 is 17.8 Å².